The lowest BCUT2D eigenvalue weighted by molar-refractivity contribution is 0.757. The van der Waals surface area contributed by atoms with E-state index in [0.29, 0.717) is 0 Å². The monoisotopic (exact) mass is 540 g/mol. The molecule has 2 atom stereocenters. The Kier molecular flexibility index (Phi) is 5.89. The minimum atomic E-state index is -0.355. The number of rotatable bonds is 4. The third kappa shape index (κ3) is 4.53. The molecule has 2 aliphatic heterocycles. The summed E-state index contributed by atoms with van der Waals surface area (Å²) in [5.74, 6) is 1.64. The molecular weight excluding hydrogens is 512 g/mol. The maximum absolute atomic E-state index is 5.13. The molecule has 0 aromatic heterocycles. The molecule has 2 heterocycles. The number of nitrogens with zero attached hydrogens (tertiary/aromatic N) is 2. The number of amidine groups is 2. The Balaban J connectivity index is 1.17. The van der Waals surface area contributed by atoms with Crippen LogP contribution in [0.1, 0.15) is 34.5 Å². The maximum Gasteiger partial charge on any atom is 0.169 e. The van der Waals surface area contributed by atoms with Crippen LogP contribution in [0.4, 0.5) is 0 Å². The van der Waals surface area contributed by atoms with Gasteiger partial charge in [-0.15, -0.1) is 0 Å². The van der Waals surface area contributed by atoms with Crippen molar-refractivity contribution in [1.29, 1.82) is 0 Å². The first-order valence-corrected chi connectivity index (χ1v) is 14.3. The minimum absolute atomic E-state index is 0.121. The lowest BCUT2D eigenvalue weighted by atomic mass is 10.0. The number of benzene rings is 6. The molecule has 0 saturated heterocycles. The predicted molar refractivity (Wildman–Crippen MR) is 174 cm³/mol. The molecular formula is C38H28N4. The molecule has 0 saturated carbocycles. The maximum atomic E-state index is 5.13. The van der Waals surface area contributed by atoms with Gasteiger partial charge in [0.2, 0.25) is 0 Å². The quantitative estimate of drug-likeness (QED) is 0.274. The van der Waals surface area contributed by atoms with Gasteiger partial charge in [-0.1, -0.05) is 121 Å². The van der Waals surface area contributed by atoms with Crippen molar-refractivity contribution in [3.05, 3.63) is 166 Å². The van der Waals surface area contributed by atoms with Gasteiger partial charge >= 0.3 is 0 Å². The Morgan fingerprint density at radius 1 is 0.476 bits per heavy atom. The lowest BCUT2D eigenvalue weighted by Gasteiger charge is -2.23. The molecule has 200 valence electrons. The first-order chi connectivity index (χ1) is 20.8. The summed E-state index contributed by atoms with van der Waals surface area (Å²) in [6.07, 6.45) is 4.02. The molecule has 42 heavy (non-hydrogen) atoms. The van der Waals surface area contributed by atoms with Crippen molar-refractivity contribution in [1.82, 2.24) is 10.6 Å². The summed E-state index contributed by atoms with van der Waals surface area (Å²) in [5, 5.41) is 14.4. The predicted octanol–water partition coefficient (Wildman–Crippen LogP) is 6.35. The average molecular weight is 541 g/mol. The Hall–Kier alpha value is -5.48. The van der Waals surface area contributed by atoms with Gasteiger partial charge < -0.3 is 10.6 Å². The van der Waals surface area contributed by atoms with E-state index >= 15 is 0 Å². The number of hydrogen-bond acceptors (Lipinski definition) is 4. The average Bonchev–Trinajstić information content (AvgIpc) is 3.07. The topological polar surface area (TPSA) is 48.8 Å². The van der Waals surface area contributed by atoms with Crippen LogP contribution in [0.25, 0.3) is 33.8 Å². The fourth-order valence-corrected chi connectivity index (χ4v) is 5.84. The number of fused-ring (bicyclic) bond motifs is 3. The molecule has 4 heteroatoms. The van der Waals surface area contributed by atoms with Gasteiger partial charge in [-0.3, -0.25) is 0 Å². The van der Waals surface area contributed by atoms with Gasteiger partial charge in [0.15, 0.2) is 6.17 Å². The standard InChI is InChI=1S/C38H28N4/c1-3-9-29-21-32(19-13-25(29)7-1)37-40-36(41-38(42-37)33-20-14-26-8-2-4-10-30(26)22-33)28-17-15-27(16-18-28)35-23-31-11-5-6-12-34(31)24-39-35/h1-24,35,37,39H,(H,40,41,42). The van der Waals surface area contributed by atoms with Gasteiger partial charge in [-0.2, -0.15) is 0 Å². The zero-order chi connectivity index (χ0) is 27.9. The van der Waals surface area contributed by atoms with Crippen LogP contribution in [-0.4, -0.2) is 11.7 Å². The van der Waals surface area contributed by atoms with E-state index in [4.69, 9.17) is 9.98 Å². The fourth-order valence-electron chi connectivity index (χ4n) is 5.84. The Morgan fingerprint density at radius 3 is 1.81 bits per heavy atom. The smallest absolute Gasteiger partial charge is 0.169 e. The van der Waals surface area contributed by atoms with Crippen molar-refractivity contribution >= 4 is 45.5 Å². The summed E-state index contributed by atoms with van der Waals surface area (Å²) in [4.78, 5) is 10.3. The second kappa shape index (κ2) is 10.2. The molecule has 6 aromatic carbocycles. The summed E-state index contributed by atoms with van der Waals surface area (Å²) >= 11 is 0. The van der Waals surface area contributed by atoms with Crippen LogP contribution in [-0.2, 0) is 0 Å². The van der Waals surface area contributed by atoms with Crippen molar-refractivity contribution in [2.75, 3.05) is 0 Å². The fraction of sp³-hybridized carbons (Fsp3) is 0.0526. The Labute approximate surface area is 244 Å². The third-order valence-electron chi connectivity index (χ3n) is 8.14. The molecule has 2 N–H and O–H groups in total. The van der Waals surface area contributed by atoms with Crippen LogP contribution >= 0.6 is 0 Å². The molecule has 0 bridgehead atoms. The van der Waals surface area contributed by atoms with Crippen molar-refractivity contribution in [3.63, 3.8) is 0 Å². The van der Waals surface area contributed by atoms with E-state index in [1.165, 1.54) is 37.5 Å². The van der Waals surface area contributed by atoms with Crippen molar-refractivity contribution in [3.8, 4) is 0 Å². The number of nitrogens with one attached hydrogen (secondary N) is 2. The third-order valence-corrected chi connectivity index (χ3v) is 8.14. The Bertz CT molecular complexity index is 2160. The molecule has 8 rings (SSSR count). The highest BCUT2D eigenvalue weighted by Crippen LogP contribution is 2.28. The molecule has 0 radical (unpaired) electrons. The molecule has 0 fully saturated rings. The largest absolute Gasteiger partial charge is 0.380 e. The van der Waals surface area contributed by atoms with E-state index < -0.39 is 0 Å². The highest BCUT2D eigenvalue weighted by molar-refractivity contribution is 6.16. The van der Waals surface area contributed by atoms with E-state index in [2.05, 4.69) is 156 Å². The van der Waals surface area contributed by atoms with E-state index in [1.807, 2.05) is 0 Å². The number of aliphatic imine (C=N–C) groups is 2. The molecule has 4 nitrogen and oxygen atoms in total. The van der Waals surface area contributed by atoms with Crippen LogP contribution in [0.5, 0.6) is 0 Å². The summed E-state index contributed by atoms with van der Waals surface area (Å²) in [5.41, 5.74) is 4.34. The van der Waals surface area contributed by atoms with Gasteiger partial charge in [0.1, 0.15) is 11.7 Å². The van der Waals surface area contributed by atoms with Gasteiger partial charge in [-0.05, 0) is 61.3 Å². The molecule has 0 aliphatic carbocycles. The van der Waals surface area contributed by atoms with Gasteiger partial charge in [0, 0.05) is 17.3 Å². The zero-order valence-electron chi connectivity index (χ0n) is 22.9. The Morgan fingerprint density at radius 2 is 1.05 bits per heavy atom. The zero-order valence-corrected chi connectivity index (χ0v) is 22.9. The normalized spacial score (nSPS) is 17.6. The first-order valence-electron chi connectivity index (χ1n) is 14.3. The van der Waals surface area contributed by atoms with E-state index in [9.17, 15) is 0 Å². The van der Waals surface area contributed by atoms with E-state index in [0.717, 1.165) is 28.4 Å². The molecule has 0 amide bonds. The molecule has 0 spiro atoms. The minimum Gasteiger partial charge on any atom is -0.380 e. The van der Waals surface area contributed by atoms with E-state index in [-0.39, 0.29) is 12.2 Å². The van der Waals surface area contributed by atoms with Crippen LogP contribution in [0.3, 0.4) is 0 Å². The van der Waals surface area contributed by atoms with Crippen molar-refractivity contribution < 1.29 is 0 Å². The summed E-state index contributed by atoms with van der Waals surface area (Å²) < 4.78 is 0. The molecule has 2 aliphatic rings. The SMILES string of the molecule is C1=c2ccccc2=CC(c2ccc(C3=NC(c4ccc5ccccc5c4)N=C(c4ccc5ccccc5c4)N3)cc2)N1. The highest BCUT2D eigenvalue weighted by Gasteiger charge is 2.21. The molecule has 2 unspecified atom stereocenters. The van der Waals surface area contributed by atoms with Crippen LogP contribution < -0.4 is 21.1 Å². The van der Waals surface area contributed by atoms with Crippen molar-refractivity contribution in [2.45, 2.75) is 12.2 Å². The highest BCUT2D eigenvalue weighted by atomic mass is 15.2. The summed E-state index contributed by atoms with van der Waals surface area (Å²) in [6, 6.07) is 47.1. The number of hydrogen-bond donors (Lipinski definition) is 2. The summed E-state index contributed by atoms with van der Waals surface area (Å²) in [7, 11) is 0. The van der Waals surface area contributed by atoms with Crippen LogP contribution in [0, 0.1) is 0 Å². The van der Waals surface area contributed by atoms with E-state index in [1.54, 1.807) is 0 Å². The summed E-state index contributed by atoms with van der Waals surface area (Å²) in [6.45, 7) is 0. The van der Waals surface area contributed by atoms with Crippen LogP contribution in [0.2, 0.25) is 0 Å². The second-order valence-corrected chi connectivity index (χ2v) is 10.8. The van der Waals surface area contributed by atoms with Gasteiger partial charge in [-0.25, -0.2) is 9.98 Å². The first kappa shape index (κ1) is 24.3. The molecule has 6 aromatic rings. The van der Waals surface area contributed by atoms with Gasteiger partial charge in [0.25, 0.3) is 0 Å². The van der Waals surface area contributed by atoms with Gasteiger partial charge in [0.05, 0.1) is 6.04 Å². The van der Waals surface area contributed by atoms with Crippen LogP contribution in [0.15, 0.2) is 143 Å². The van der Waals surface area contributed by atoms with Crippen molar-refractivity contribution in [2.24, 2.45) is 9.98 Å². The lowest BCUT2D eigenvalue weighted by Crippen LogP contribution is -2.36. The second-order valence-electron chi connectivity index (χ2n) is 10.8.